The molecule has 5 heteroatoms. The van der Waals surface area contributed by atoms with Crippen molar-refractivity contribution in [1.29, 1.82) is 0 Å². The van der Waals surface area contributed by atoms with Crippen LogP contribution in [0.1, 0.15) is 33.3 Å². The maximum atomic E-state index is 4.19. The Morgan fingerprint density at radius 3 is 2.06 bits per heavy atom. The van der Waals surface area contributed by atoms with Crippen molar-refractivity contribution in [2.75, 3.05) is 0 Å². The summed E-state index contributed by atoms with van der Waals surface area (Å²) in [6.07, 6.45) is 7.09. The molecule has 0 saturated heterocycles. The van der Waals surface area contributed by atoms with Crippen LogP contribution >= 0.6 is 24.8 Å². The van der Waals surface area contributed by atoms with Crippen LogP contribution in [0, 0.1) is 18.9 Å². The molecule has 0 bridgehead atoms. The van der Waals surface area contributed by atoms with Crippen molar-refractivity contribution in [2.24, 2.45) is 5.92 Å². The van der Waals surface area contributed by atoms with E-state index in [1.807, 2.05) is 18.5 Å². The van der Waals surface area contributed by atoms with Crippen LogP contribution in [0.3, 0.4) is 0 Å². The van der Waals surface area contributed by atoms with E-state index >= 15 is 0 Å². The van der Waals surface area contributed by atoms with Crippen LogP contribution in [-0.4, -0.2) is 10.4 Å². The number of allylic oxidation sites excluding steroid dienone is 4. The van der Waals surface area contributed by atoms with Gasteiger partial charge < -0.3 is 0 Å². The minimum Gasteiger partial charge on any atom is -0.265 e. The summed E-state index contributed by atoms with van der Waals surface area (Å²) in [5.41, 5.74) is 8.27. The smallest absolute Gasteiger partial charge is 0.0267 e. The Morgan fingerprint density at radius 2 is 1.61 bits per heavy atom. The second-order valence-electron chi connectivity index (χ2n) is 7.83. The average molecular weight is 550 g/mol. The Balaban J connectivity index is 0.000000516. The van der Waals surface area contributed by atoms with E-state index in [0.717, 1.165) is 0 Å². The first kappa shape index (κ1) is 30.1. The number of fused-ring (bicyclic) bond motifs is 1. The number of pyridine rings is 1. The molecule has 2 aromatic carbocycles. The molecule has 1 heterocycles. The predicted molar refractivity (Wildman–Crippen MR) is 139 cm³/mol. The molecule has 4 rings (SSSR count). The number of nitrogens with zero attached hydrogens (tertiary/aromatic N) is 1. The van der Waals surface area contributed by atoms with Gasteiger partial charge in [-0.25, -0.2) is 5.57 Å². The Morgan fingerprint density at radius 1 is 1.00 bits per heavy atom. The fourth-order valence-electron chi connectivity index (χ4n) is 3.42. The van der Waals surface area contributed by atoms with Crippen LogP contribution in [0.5, 0.6) is 0 Å². The molecule has 0 N–H and O–H groups in total. The monoisotopic (exact) mass is 547 g/mol. The zero-order chi connectivity index (χ0) is 21.6. The fraction of sp³-hybridized carbons (Fsp3) is 0.308. The first-order chi connectivity index (χ1) is 13.7. The van der Waals surface area contributed by atoms with Crippen LogP contribution in [0.15, 0.2) is 71.6 Å². The molecule has 31 heavy (non-hydrogen) atoms. The Labute approximate surface area is 216 Å². The first-order valence-corrected chi connectivity index (χ1v) is 16.3. The van der Waals surface area contributed by atoms with Gasteiger partial charge in [0.2, 0.25) is 0 Å². The summed E-state index contributed by atoms with van der Waals surface area (Å²) in [4.78, 5) is 4.19. The molecule has 1 unspecified atom stereocenters. The van der Waals surface area contributed by atoms with Gasteiger partial charge in [-0.05, 0) is 11.6 Å². The van der Waals surface area contributed by atoms with Crippen LogP contribution in [-0.2, 0) is 23.3 Å². The third kappa shape index (κ3) is 8.54. The van der Waals surface area contributed by atoms with E-state index in [2.05, 4.69) is 95.2 Å². The summed E-state index contributed by atoms with van der Waals surface area (Å²) < 4.78 is 0. The largest absolute Gasteiger partial charge is 0.265 e. The second-order valence-corrected chi connectivity index (χ2v) is 17.2. The third-order valence-electron chi connectivity index (χ3n) is 5.18. The number of hydrogen-bond acceptors (Lipinski definition) is 1. The fourth-order valence-corrected chi connectivity index (χ4v) is 3.42. The zero-order valence-corrected chi connectivity index (χ0v) is 24.6. The van der Waals surface area contributed by atoms with E-state index in [1.54, 1.807) is 23.3 Å². The van der Waals surface area contributed by atoms with Crippen LogP contribution in [0.25, 0.3) is 21.9 Å². The maximum absolute atomic E-state index is 4.19. The van der Waals surface area contributed by atoms with Gasteiger partial charge in [-0.15, -0.1) is 77.9 Å². The molecular weight excluding hydrogens is 517 g/mol. The summed E-state index contributed by atoms with van der Waals surface area (Å²) in [5, 5.41) is 2.62. The molecule has 0 saturated carbocycles. The predicted octanol–water partition coefficient (Wildman–Crippen LogP) is 8.28. The van der Waals surface area contributed by atoms with Gasteiger partial charge in [0.1, 0.15) is 0 Å². The number of halogens is 2. The summed E-state index contributed by atoms with van der Waals surface area (Å²) >= 11 is 1.74. The molecule has 1 nitrogen and oxygen atoms in total. The number of rotatable bonds is 1. The Bertz CT molecular complexity index is 1050. The Kier molecular flexibility index (Phi) is 13.9. The first-order valence-electron chi connectivity index (χ1n) is 10.1. The summed E-state index contributed by atoms with van der Waals surface area (Å²) in [6.45, 7) is 15.4. The van der Waals surface area contributed by atoms with Crippen molar-refractivity contribution in [2.45, 2.75) is 47.7 Å². The standard InChI is InChI=1S/C15H12N.C9H13.C2H6Si.2ClH.Zr/c1-11-9-12-5-2-3-7-14(12)15(11)13-6-4-8-16-10-13;1-6-5-7(2)9(4)8(6)3;1-3-2;;;/h2-10H,1H3;6H,1-4H3;1-2H3;2*1H;/q2*-1;;;;+2. The van der Waals surface area contributed by atoms with Gasteiger partial charge in [-0.1, -0.05) is 45.7 Å². The molecular formula is C26H33Cl2NSiZr. The molecule has 0 aliphatic heterocycles. The van der Waals surface area contributed by atoms with E-state index < -0.39 is 0 Å². The van der Waals surface area contributed by atoms with Gasteiger partial charge in [0.25, 0.3) is 0 Å². The molecule has 0 amide bonds. The van der Waals surface area contributed by atoms with Crippen LogP contribution in [0.4, 0.5) is 0 Å². The van der Waals surface area contributed by atoms with Crippen molar-refractivity contribution in [1.82, 2.24) is 4.98 Å². The average Bonchev–Trinajstić information content (AvgIpc) is 3.13. The van der Waals surface area contributed by atoms with Gasteiger partial charge in [0, 0.05) is 12.4 Å². The normalized spacial score (nSPS) is 14.4. The van der Waals surface area contributed by atoms with E-state index in [4.69, 9.17) is 0 Å². The van der Waals surface area contributed by atoms with E-state index in [1.165, 1.54) is 44.2 Å². The number of benzene rings is 1. The number of aromatic nitrogens is 1. The zero-order valence-electron chi connectivity index (χ0n) is 19.5. The van der Waals surface area contributed by atoms with Crippen molar-refractivity contribution >= 4 is 41.0 Å². The van der Waals surface area contributed by atoms with E-state index in [0.29, 0.717) is 5.92 Å². The molecule has 164 valence electrons. The van der Waals surface area contributed by atoms with Gasteiger partial charge >= 0.3 is 41.9 Å². The molecule has 1 aliphatic rings. The molecule has 1 aliphatic carbocycles. The minimum atomic E-state index is 0. The van der Waals surface area contributed by atoms with Gasteiger partial charge in [0.05, 0.1) is 0 Å². The van der Waals surface area contributed by atoms with Crippen molar-refractivity contribution in [3.63, 3.8) is 0 Å². The minimum absolute atomic E-state index is 0. The Hall–Kier alpha value is -0.860. The molecule has 0 fully saturated rings. The summed E-state index contributed by atoms with van der Waals surface area (Å²) in [5.74, 6) is 0.560. The van der Waals surface area contributed by atoms with Gasteiger partial charge in [-0.2, -0.15) is 11.1 Å². The SMILES string of the molecule is CC1=[C-]C(C)C(C)=C1C.C[Si](C)=[Zr+2].Cc1[cH-]c2ccccc2c1-c1cccnc1.Cl.Cl. The van der Waals surface area contributed by atoms with Crippen molar-refractivity contribution in [3.05, 3.63) is 83.2 Å². The third-order valence-corrected chi connectivity index (χ3v) is 5.18. The second kappa shape index (κ2) is 14.3. The van der Waals surface area contributed by atoms with E-state index in [9.17, 15) is 0 Å². The number of hydrogen-bond donors (Lipinski definition) is 0. The molecule has 0 radical (unpaired) electrons. The molecule has 1 aromatic heterocycles. The number of aryl methyl sites for hydroxylation is 1. The molecule has 1 atom stereocenters. The van der Waals surface area contributed by atoms with Crippen LogP contribution < -0.4 is 0 Å². The van der Waals surface area contributed by atoms with Gasteiger partial charge in [0.15, 0.2) is 0 Å². The molecule has 3 aromatic rings. The van der Waals surface area contributed by atoms with Crippen molar-refractivity contribution < 1.29 is 23.3 Å². The maximum Gasteiger partial charge on any atom is 0.0267 e. The summed E-state index contributed by atoms with van der Waals surface area (Å²) in [7, 11) is 0. The molecule has 0 spiro atoms. The van der Waals surface area contributed by atoms with Gasteiger partial charge in [-0.3, -0.25) is 11.1 Å². The van der Waals surface area contributed by atoms with Crippen LogP contribution in [0.2, 0.25) is 13.1 Å². The van der Waals surface area contributed by atoms with E-state index in [-0.39, 0.29) is 30.2 Å². The topological polar surface area (TPSA) is 12.9 Å². The van der Waals surface area contributed by atoms with Crippen molar-refractivity contribution in [3.8, 4) is 11.1 Å². The quantitative estimate of drug-likeness (QED) is 0.220. The summed E-state index contributed by atoms with van der Waals surface area (Å²) in [6, 6.07) is 14.8.